The molecule has 0 aliphatic heterocycles. The first-order valence-electron chi connectivity index (χ1n) is 11.1. The molecule has 9 nitrogen and oxygen atoms in total. The molecule has 4 aromatic rings. The maximum absolute atomic E-state index is 13.7. The molecule has 1 aliphatic carbocycles. The summed E-state index contributed by atoms with van der Waals surface area (Å²) in [4.78, 5) is 36.2. The molecule has 0 saturated heterocycles. The van der Waals surface area contributed by atoms with Crippen molar-refractivity contribution in [2.24, 2.45) is 13.0 Å². The van der Waals surface area contributed by atoms with E-state index >= 15 is 0 Å². The van der Waals surface area contributed by atoms with Gasteiger partial charge in [-0.05, 0) is 42.9 Å². The number of hydrogen-bond acceptors (Lipinski definition) is 6. The molecule has 1 saturated carbocycles. The van der Waals surface area contributed by atoms with Gasteiger partial charge in [-0.1, -0.05) is 28.7 Å². The number of amides is 1. The van der Waals surface area contributed by atoms with Crippen molar-refractivity contribution < 1.29 is 13.6 Å². The van der Waals surface area contributed by atoms with Crippen LogP contribution in [0.3, 0.4) is 0 Å². The van der Waals surface area contributed by atoms with E-state index in [2.05, 4.69) is 48.2 Å². The van der Waals surface area contributed by atoms with E-state index in [1.807, 2.05) is 6.07 Å². The maximum atomic E-state index is 13.7. The summed E-state index contributed by atoms with van der Waals surface area (Å²) in [5.41, 5.74) is 4.22. The molecular formula is C23H24FIN6O3. The highest BCUT2D eigenvalue weighted by Crippen LogP contribution is 2.32. The fourth-order valence-electron chi connectivity index (χ4n) is 4.39. The number of aromatic nitrogens is 4. The Hall–Kier alpha value is -2.96. The van der Waals surface area contributed by atoms with Gasteiger partial charge in [0.05, 0.1) is 16.7 Å². The highest BCUT2D eigenvalue weighted by Gasteiger charge is 2.28. The van der Waals surface area contributed by atoms with Crippen LogP contribution in [0.1, 0.15) is 35.3 Å². The lowest BCUT2D eigenvalue weighted by molar-refractivity contribution is 0.0947. The minimum Gasteiger partial charge on any atom is -0.408 e. The molecule has 178 valence electrons. The number of fused-ring (bicyclic) bond motifs is 2. The Labute approximate surface area is 207 Å². The summed E-state index contributed by atoms with van der Waals surface area (Å²) in [6.07, 6.45) is 4.75. The fourth-order valence-corrected chi connectivity index (χ4v) is 5.47. The quantitative estimate of drug-likeness (QED) is 0.238. The summed E-state index contributed by atoms with van der Waals surface area (Å²) in [5.74, 6) is -0.369. The fraction of sp³-hybridized carbons (Fsp3) is 0.391. The van der Waals surface area contributed by atoms with Crippen molar-refractivity contribution in [3.05, 3.63) is 52.5 Å². The topological polar surface area (TPSA) is 118 Å². The number of benzene rings is 1. The number of anilines is 1. The maximum Gasteiger partial charge on any atom is 0.419 e. The number of alkyl halides is 2. The lowest BCUT2D eigenvalue weighted by atomic mass is 9.88. The Bertz CT molecular complexity index is 1410. The first-order chi connectivity index (χ1) is 16.4. The first kappa shape index (κ1) is 22.8. The van der Waals surface area contributed by atoms with Gasteiger partial charge in [-0.3, -0.25) is 9.36 Å². The molecule has 34 heavy (non-hydrogen) atoms. The van der Waals surface area contributed by atoms with E-state index in [0.717, 1.165) is 30.6 Å². The second-order valence-electron chi connectivity index (χ2n) is 8.65. The molecule has 11 heteroatoms. The molecule has 1 amide bonds. The molecule has 1 fully saturated rings. The monoisotopic (exact) mass is 578 g/mol. The zero-order valence-electron chi connectivity index (χ0n) is 18.5. The SMILES string of the molecule is Cn1c(=O)oc2ccc(CNC(=O)c3ncnc4c(NCC5CCC(F)C(I)C5)c[nH]c34)cc21. The van der Waals surface area contributed by atoms with Crippen molar-refractivity contribution in [2.45, 2.75) is 35.9 Å². The van der Waals surface area contributed by atoms with Crippen LogP contribution in [0.15, 0.2) is 39.9 Å². The number of carbonyl (C=O) groups is 1. The van der Waals surface area contributed by atoms with Gasteiger partial charge in [0.25, 0.3) is 5.91 Å². The highest BCUT2D eigenvalue weighted by molar-refractivity contribution is 14.1. The summed E-state index contributed by atoms with van der Waals surface area (Å²) in [6.45, 7) is 0.990. The average molecular weight is 578 g/mol. The van der Waals surface area contributed by atoms with Gasteiger partial charge < -0.3 is 20.0 Å². The summed E-state index contributed by atoms with van der Waals surface area (Å²) in [5, 5.41) is 6.28. The van der Waals surface area contributed by atoms with E-state index in [-0.39, 0.29) is 22.1 Å². The molecule has 0 spiro atoms. The summed E-state index contributed by atoms with van der Waals surface area (Å²) in [6, 6.07) is 5.32. The number of nitrogens with one attached hydrogen (secondary N) is 3. The highest BCUT2D eigenvalue weighted by atomic mass is 127. The van der Waals surface area contributed by atoms with Crippen LogP contribution in [-0.2, 0) is 13.6 Å². The summed E-state index contributed by atoms with van der Waals surface area (Å²) < 4.78 is 20.4. The van der Waals surface area contributed by atoms with Crippen LogP contribution in [0.25, 0.3) is 22.1 Å². The Kier molecular flexibility index (Phi) is 6.28. The van der Waals surface area contributed by atoms with Gasteiger partial charge in [0.1, 0.15) is 18.0 Å². The van der Waals surface area contributed by atoms with Crippen LogP contribution in [0, 0.1) is 5.92 Å². The standard InChI is InChI=1S/C23H24FIN6O3/c1-31-17-7-13(3-5-18(17)34-23(31)33)9-28-22(32)21-20-19(29-11-30-21)16(10-27-20)26-8-12-2-4-14(24)15(25)6-12/h3,5,7,10-12,14-15,26-27H,2,4,6,8-9H2,1H3,(H,28,32). The van der Waals surface area contributed by atoms with Gasteiger partial charge in [0.15, 0.2) is 11.3 Å². The van der Waals surface area contributed by atoms with Crippen molar-refractivity contribution in [3.63, 3.8) is 0 Å². The first-order valence-corrected chi connectivity index (χ1v) is 12.4. The van der Waals surface area contributed by atoms with Crippen molar-refractivity contribution >= 4 is 56.3 Å². The second-order valence-corrected chi connectivity index (χ2v) is 10.3. The van der Waals surface area contributed by atoms with E-state index < -0.39 is 11.9 Å². The molecule has 0 bridgehead atoms. The van der Waals surface area contributed by atoms with Gasteiger partial charge >= 0.3 is 5.76 Å². The van der Waals surface area contributed by atoms with E-state index in [0.29, 0.717) is 34.5 Å². The van der Waals surface area contributed by atoms with E-state index in [4.69, 9.17) is 4.42 Å². The number of hydrogen-bond donors (Lipinski definition) is 3. The van der Waals surface area contributed by atoms with Crippen LogP contribution >= 0.6 is 22.6 Å². The third-order valence-electron chi connectivity index (χ3n) is 6.37. The zero-order chi connectivity index (χ0) is 23.8. The third-order valence-corrected chi connectivity index (χ3v) is 7.66. The molecule has 3 N–H and O–H groups in total. The number of nitrogens with zero attached hydrogens (tertiary/aromatic N) is 3. The van der Waals surface area contributed by atoms with Crippen LogP contribution in [0.2, 0.25) is 0 Å². The van der Waals surface area contributed by atoms with Crippen LogP contribution in [-0.4, -0.2) is 42.1 Å². The van der Waals surface area contributed by atoms with Crippen molar-refractivity contribution in [3.8, 4) is 0 Å². The van der Waals surface area contributed by atoms with E-state index in [9.17, 15) is 14.0 Å². The lowest BCUT2D eigenvalue weighted by Crippen LogP contribution is -2.29. The Morgan fingerprint density at radius 1 is 1.35 bits per heavy atom. The molecule has 5 rings (SSSR count). The molecule has 3 unspecified atom stereocenters. The molecule has 3 atom stereocenters. The zero-order valence-corrected chi connectivity index (χ0v) is 20.6. The van der Waals surface area contributed by atoms with Crippen molar-refractivity contribution in [1.82, 2.24) is 24.8 Å². The average Bonchev–Trinajstić information content (AvgIpc) is 3.38. The van der Waals surface area contributed by atoms with Crippen molar-refractivity contribution in [1.29, 1.82) is 0 Å². The number of aromatic amines is 1. The largest absolute Gasteiger partial charge is 0.419 e. The van der Waals surface area contributed by atoms with Gasteiger partial charge in [-0.2, -0.15) is 0 Å². The van der Waals surface area contributed by atoms with Crippen molar-refractivity contribution in [2.75, 3.05) is 11.9 Å². The molecule has 3 heterocycles. The van der Waals surface area contributed by atoms with Gasteiger partial charge in [-0.15, -0.1) is 0 Å². The Balaban J connectivity index is 1.27. The predicted octanol–water partition coefficient (Wildman–Crippen LogP) is 3.69. The third kappa shape index (κ3) is 4.40. The normalized spacial score (nSPS) is 20.6. The lowest BCUT2D eigenvalue weighted by Gasteiger charge is -2.28. The van der Waals surface area contributed by atoms with Crippen LogP contribution < -0.4 is 16.4 Å². The molecule has 0 radical (unpaired) electrons. The summed E-state index contributed by atoms with van der Waals surface area (Å²) in [7, 11) is 1.64. The minimum absolute atomic E-state index is 0.0535. The molecular weight excluding hydrogens is 554 g/mol. The number of carbonyl (C=O) groups excluding carboxylic acids is 1. The Morgan fingerprint density at radius 2 is 2.21 bits per heavy atom. The minimum atomic E-state index is -0.715. The molecule has 3 aromatic heterocycles. The summed E-state index contributed by atoms with van der Waals surface area (Å²) >= 11 is 2.20. The molecule has 1 aliphatic rings. The predicted molar refractivity (Wildman–Crippen MR) is 135 cm³/mol. The van der Waals surface area contributed by atoms with Gasteiger partial charge in [-0.25, -0.2) is 19.2 Å². The van der Waals surface area contributed by atoms with E-state index in [1.54, 1.807) is 25.4 Å². The van der Waals surface area contributed by atoms with Crippen LogP contribution in [0.4, 0.5) is 10.1 Å². The molecule has 1 aromatic carbocycles. The van der Waals surface area contributed by atoms with Gasteiger partial charge in [0, 0.05) is 30.3 Å². The number of H-pyrrole nitrogens is 1. The number of aryl methyl sites for hydroxylation is 1. The Morgan fingerprint density at radius 3 is 3.03 bits per heavy atom. The van der Waals surface area contributed by atoms with Gasteiger partial charge in [0.2, 0.25) is 0 Å². The second kappa shape index (κ2) is 9.35. The van der Waals surface area contributed by atoms with E-state index in [1.165, 1.54) is 10.9 Å². The number of halogens is 2. The number of oxazole rings is 1. The smallest absolute Gasteiger partial charge is 0.408 e. The van der Waals surface area contributed by atoms with Crippen LogP contribution in [0.5, 0.6) is 0 Å². The number of rotatable bonds is 6.